The van der Waals surface area contributed by atoms with Crippen molar-refractivity contribution in [1.82, 2.24) is 4.98 Å². The number of alkyl halides is 5. The van der Waals surface area contributed by atoms with Crippen LogP contribution in [0.2, 0.25) is 0 Å². The highest BCUT2D eigenvalue weighted by molar-refractivity contribution is 5.44. The number of aliphatic hydroxyl groups is 1. The molecular formula is C9H8F5NO2. The molecule has 96 valence electrons. The number of aromatic nitrogens is 1. The summed E-state index contributed by atoms with van der Waals surface area (Å²) in [6.07, 6.45) is -7.68. The lowest BCUT2D eigenvalue weighted by atomic mass is 10.1. The molecule has 0 fully saturated rings. The van der Waals surface area contributed by atoms with E-state index in [0.717, 1.165) is 13.3 Å². The Kier molecular flexibility index (Phi) is 3.87. The van der Waals surface area contributed by atoms with Gasteiger partial charge in [-0.25, -0.2) is 8.78 Å². The van der Waals surface area contributed by atoms with Gasteiger partial charge >= 0.3 is 6.18 Å². The maximum absolute atomic E-state index is 12.6. The molecule has 0 saturated carbocycles. The van der Waals surface area contributed by atoms with Gasteiger partial charge in [0, 0.05) is 11.8 Å². The lowest BCUT2D eigenvalue weighted by molar-refractivity contribution is -0.141. The molecule has 0 spiro atoms. The lowest BCUT2D eigenvalue weighted by Crippen LogP contribution is -2.15. The fraction of sp³-hybridized carbons (Fsp3) is 0.444. The van der Waals surface area contributed by atoms with E-state index >= 15 is 0 Å². The molecule has 1 aromatic rings. The largest absolute Gasteiger partial charge is 0.496 e. The van der Waals surface area contributed by atoms with Gasteiger partial charge in [0.1, 0.15) is 17.0 Å². The third-order valence-electron chi connectivity index (χ3n) is 2.00. The number of halogens is 5. The highest BCUT2D eigenvalue weighted by atomic mass is 19.4. The number of hydrogen-bond donors (Lipinski definition) is 1. The molecule has 0 aliphatic rings. The van der Waals surface area contributed by atoms with Crippen molar-refractivity contribution < 1.29 is 31.8 Å². The number of pyridine rings is 1. The summed E-state index contributed by atoms with van der Waals surface area (Å²) in [5.41, 5.74) is -3.36. The highest BCUT2D eigenvalue weighted by Crippen LogP contribution is 2.42. The van der Waals surface area contributed by atoms with Crippen molar-refractivity contribution in [2.45, 2.75) is 19.2 Å². The summed E-state index contributed by atoms with van der Waals surface area (Å²) < 4.78 is 67.2. The van der Waals surface area contributed by atoms with Crippen molar-refractivity contribution in [2.75, 3.05) is 7.11 Å². The summed E-state index contributed by atoms with van der Waals surface area (Å²) in [5.74, 6) is -0.828. The van der Waals surface area contributed by atoms with E-state index in [9.17, 15) is 22.0 Å². The first-order valence-electron chi connectivity index (χ1n) is 4.34. The van der Waals surface area contributed by atoms with Crippen molar-refractivity contribution in [3.05, 3.63) is 23.0 Å². The van der Waals surface area contributed by atoms with Crippen molar-refractivity contribution in [3.63, 3.8) is 0 Å². The first kappa shape index (κ1) is 13.6. The van der Waals surface area contributed by atoms with Crippen molar-refractivity contribution in [3.8, 4) is 5.75 Å². The fourth-order valence-corrected chi connectivity index (χ4v) is 1.33. The number of rotatable bonds is 3. The predicted octanol–water partition coefficient (Wildman–Crippen LogP) is 2.54. The van der Waals surface area contributed by atoms with Crippen LogP contribution in [0.25, 0.3) is 0 Å². The SMILES string of the molecule is COc1c(CO)cnc(C(F)F)c1C(F)(F)F. The van der Waals surface area contributed by atoms with Crippen molar-refractivity contribution >= 4 is 0 Å². The highest BCUT2D eigenvalue weighted by Gasteiger charge is 2.41. The Morgan fingerprint density at radius 3 is 2.35 bits per heavy atom. The van der Waals surface area contributed by atoms with E-state index in [1.807, 2.05) is 0 Å². The Labute approximate surface area is 92.8 Å². The average molecular weight is 257 g/mol. The Morgan fingerprint density at radius 2 is 2.00 bits per heavy atom. The van der Waals surface area contributed by atoms with Crippen LogP contribution in [0.15, 0.2) is 6.20 Å². The lowest BCUT2D eigenvalue weighted by Gasteiger charge is -2.17. The quantitative estimate of drug-likeness (QED) is 0.846. The Bertz CT molecular complexity index is 405. The second-order valence-corrected chi connectivity index (χ2v) is 3.03. The molecule has 0 unspecified atom stereocenters. The third-order valence-corrected chi connectivity index (χ3v) is 2.00. The average Bonchev–Trinajstić information content (AvgIpc) is 2.25. The molecule has 1 N–H and O–H groups in total. The summed E-state index contributed by atoms with van der Waals surface area (Å²) in [4.78, 5) is 3.01. The van der Waals surface area contributed by atoms with E-state index in [1.165, 1.54) is 0 Å². The molecule has 17 heavy (non-hydrogen) atoms. The van der Waals surface area contributed by atoms with Gasteiger partial charge in [0.15, 0.2) is 0 Å². The summed E-state index contributed by atoms with van der Waals surface area (Å²) in [5, 5.41) is 8.79. The van der Waals surface area contributed by atoms with Gasteiger partial charge in [0.05, 0.1) is 13.7 Å². The van der Waals surface area contributed by atoms with E-state index in [2.05, 4.69) is 9.72 Å². The summed E-state index contributed by atoms with van der Waals surface area (Å²) in [6, 6.07) is 0. The van der Waals surface area contributed by atoms with E-state index in [0.29, 0.717) is 0 Å². The zero-order valence-electron chi connectivity index (χ0n) is 8.55. The van der Waals surface area contributed by atoms with Gasteiger partial charge in [-0.15, -0.1) is 0 Å². The van der Waals surface area contributed by atoms with Gasteiger partial charge < -0.3 is 9.84 Å². The van der Waals surface area contributed by atoms with Gasteiger partial charge in [-0.3, -0.25) is 4.98 Å². The van der Waals surface area contributed by atoms with Gasteiger partial charge in [-0.1, -0.05) is 0 Å². The number of methoxy groups -OCH3 is 1. The van der Waals surface area contributed by atoms with E-state index in [4.69, 9.17) is 5.11 Å². The fourth-order valence-electron chi connectivity index (χ4n) is 1.33. The molecule has 1 rings (SSSR count). The third kappa shape index (κ3) is 2.63. The van der Waals surface area contributed by atoms with Crippen LogP contribution >= 0.6 is 0 Å². The molecule has 0 saturated heterocycles. The van der Waals surface area contributed by atoms with Crippen LogP contribution in [0.1, 0.15) is 23.2 Å². The van der Waals surface area contributed by atoms with Crippen LogP contribution in [0.3, 0.4) is 0 Å². The number of nitrogens with zero attached hydrogens (tertiary/aromatic N) is 1. The van der Waals surface area contributed by atoms with E-state index in [1.54, 1.807) is 0 Å². The van der Waals surface area contributed by atoms with Crippen LogP contribution in [0.5, 0.6) is 5.75 Å². The maximum atomic E-state index is 12.6. The van der Waals surface area contributed by atoms with Crippen molar-refractivity contribution in [2.24, 2.45) is 0 Å². The Balaban J connectivity index is 3.56. The molecule has 0 aliphatic heterocycles. The molecule has 8 heteroatoms. The molecule has 1 heterocycles. The predicted molar refractivity (Wildman–Crippen MR) is 46.7 cm³/mol. The van der Waals surface area contributed by atoms with Crippen LogP contribution < -0.4 is 4.74 Å². The van der Waals surface area contributed by atoms with Gasteiger partial charge in [0.25, 0.3) is 6.43 Å². The van der Waals surface area contributed by atoms with E-state index in [-0.39, 0.29) is 5.56 Å². The molecule has 0 amide bonds. The van der Waals surface area contributed by atoms with Crippen LogP contribution in [0.4, 0.5) is 22.0 Å². The second kappa shape index (κ2) is 4.82. The molecule has 1 aromatic heterocycles. The smallest absolute Gasteiger partial charge is 0.421 e. The monoisotopic (exact) mass is 257 g/mol. The standard InChI is InChI=1S/C9H8F5NO2/c1-17-7-4(3-16)2-15-6(8(10)11)5(7)9(12,13)14/h2,8,16H,3H2,1H3. The summed E-state index contributed by atoms with van der Waals surface area (Å²) in [7, 11) is 0.902. The van der Waals surface area contributed by atoms with Crippen LogP contribution in [-0.4, -0.2) is 17.2 Å². The normalized spacial score (nSPS) is 12.0. The zero-order valence-corrected chi connectivity index (χ0v) is 8.55. The van der Waals surface area contributed by atoms with Gasteiger partial charge in [-0.2, -0.15) is 13.2 Å². The van der Waals surface area contributed by atoms with Crippen LogP contribution in [0, 0.1) is 0 Å². The van der Waals surface area contributed by atoms with Crippen LogP contribution in [-0.2, 0) is 12.8 Å². The minimum Gasteiger partial charge on any atom is -0.496 e. The minimum absolute atomic E-state index is 0.302. The van der Waals surface area contributed by atoms with Gasteiger partial charge in [-0.05, 0) is 0 Å². The summed E-state index contributed by atoms with van der Waals surface area (Å²) in [6.45, 7) is -0.789. The number of hydrogen-bond acceptors (Lipinski definition) is 3. The van der Waals surface area contributed by atoms with E-state index < -0.39 is 36.2 Å². The second-order valence-electron chi connectivity index (χ2n) is 3.03. The van der Waals surface area contributed by atoms with Gasteiger partial charge in [0.2, 0.25) is 0 Å². The zero-order chi connectivity index (χ0) is 13.2. The molecule has 0 bridgehead atoms. The number of aliphatic hydroxyl groups excluding tert-OH is 1. The van der Waals surface area contributed by atoms with Crippen molar-refractivity contribution in [1.29, 1.82) is 0 Å². The first-order chi connectivity index (χ1) is 7.82. The molecule has 0 radical (unpaired) electrons. The minimum atomic E-state index is -5.03. The molecule has 0 aliphatic carbocycles. The first-order valence-corrected chi connectivity index (χ1v) is 4.34. The number of ether oxygens (including phenoxy) is 1. The molecule has 0 atom stereocenters. The Hall–Kier alpha value is -1.44. The Morgan fingerprint density at radius 1 is 1.41 bits per heavy atom. The molecule has 3 nitrogen and oxygen atoms in total. The molecule has 0 aromatic carbocycles. The maximum Gasteiger partial charge on any atom is 0.421 e. The molecular weight excluding hydrogens is 249 g/mol. The topological polar surface area (TPSA) is 42.4 Å². The summed E-state index contributed by atoms with van der Waals surface area (Å²) >= 11 is 0.